The molecule has 0 aliphatic heterocycles. The fourth-order valence-electron chi connectivity index (χ4n) is 1.49. The average molecular weight is 292 g/mol. The molecule has 0 saturated carbocycles. The third-order valence-electron chi connectivity index (χ3n) is 2.49. The minimum Gasteiger partial charge on any atom is -0.481 e. The number of carbonyl (C=O) groups is 2. The van der Waals surface area contributed by atoms with Crippen LogP contribution in [0.15, 0.2) is 29.8 Å². The Balaban J connectivity index is 2.15. The van der Waals surface area contributed by atoms with Gasteiger partial charge in [-0.1, -0.05) is 0 Å². The second kappa shape index (κ2) is 6.16. The number of pyridine rings is 1. The number of nitrogens with one attached hydrogen (secondary N) is 1. The highest BCUT2D eigenvalue weighted by Gasteiger charge is 2.16. The van der Waals surface area contributed by atoms with Crippen molar-refractivity contribution < 1.29 is 19.1 Å². The minimum absolute atomic E-state index is 0.349. The van der Waals surface area contributed by atoms with Crippen LogP contribution in [0.3, 0.4) is 0 Å². The summed E-state index contributed by atoms with van der Waals surface area (Å²) < 4.78 is 9.56. The summed E-state index contributed by atoms with van der Waals surface area (Å²) in [7, 11) is 2.79. The summed E-state index contributed by atoms with van der Waals surface area (Å²) in [6.07, 6.45) is 1.40. The zero-order chi connectivity index (χ0) is 14.5. The highest BCUT2D eigenvalue weighted by molar-refractivity contribution is 7.12. The Morgan fingerprint density at radius 2 is 2.05 bits per heavy atom. The normalized spacial score (nSPS) is 9.90. The molecule has 2 heterocycles. The molecule has 0 aromatic carbocycles. The van der Waals surface area contributed by atoms with Gasteiger partial charge in [-0.25, -0.2) is 9.78 Å². The van der Waals surface area contributed by atoms with Gasteiger partial charge in [0.25, 0.3) is 5.91 Å². The number of rotatable bonds is 4. The number of hydrogen-bond acceptors (Lipinski definition) is 6. The molecule has 0 saturated heterocycles. The maximum absolute atomic E-state index is 12.0. The van der Waals surface area contributed by atoms with Gasteiger partial charge in [0.15, 0.2) is 0 Å². The molecule has 0 aliphatic carbocycles. The maximum Gasteiger partial charge on any atom is 0.350 e. The molecule has 20 heavy (non-hydrogen) atoms. The lowest BCUT2D eigenvalue weighted by Gasteiger charge is -2.05. The number of esters is 1. The van der Waals surface area contributed by atoms with Crippen LogP contribution in [0, 0.1) is 0 Å². The van der Waals surface area contributed by atoms with Gasteiger partial charge in [0, 0.05) is 12.3 Å². The number of carbonyl (C=O) groups excluding carboxylic acids is 2. The number of thiophene rings is 1. The summed E-state index contributed by atoms with van der Waals surface area (Å²) >= 11 is 1.20. The van der Waals surface area contributed by atoms with Crippen molar-refractivity contribution in [1.29, 1.82) is 0 Å². The van der Waals surface area contributed by atoms with Crippen LogP contribution in [0.2, 0.25) is 0 Å². The SMILES string of the molecule is COC(=O)c1sccc1NC(=O)c1ccc(OC)nc1. The summed E-state index contributed by atoms with van der Waals surface area (Å²) in [5, 5.41) is 4.35. The second-order valence-electron chi connectivity index (χ2n) is 3.70. The van der Waals surface area contributed by atoms with E-state index in [4.69, 9.17) is 4.74 Å². The van der Waals surface area contributed by atoms with E-state index in [9.17, 15) is 9.59 Å². The molecule has 2 aromatic heterocycles. The molecule has 2 rings (SSSR count). The molecule has 1 N–H and O–H groups in total. The Morgan fingerprint density at radius 3 is 2.65 bits per heavy atom. The Kier molecular flexibility index (Phi) is 4.31. The quantitative estimate of drug-likeness (QED) is 0.874. The van der Waals surface area contributed by atoms with E-state index in [0.717, 1.165) is 0 Å². The first-order chi connectivity index (χ1) is 9.65. The molecule has 1 amide bonds. The highest BCUT2D eigenvalue weighted by atomic mass is 32.1. The fourth-order valence-corrected chi connectivity index (χ4v) is 2.25. The molecular formula is C13H12N2O4S. The zero-order valence-corrected chi connectivity index (χ0v) is 11.7. The number of aromatic nitrogens is 1. The lowest BCUT2D eigenvalue weighted by molar-refractivity contribution is 0.0607. The maximum atomic E-state index is 12.0. The topological polar surface area (TPSA) is 77.5 Å². The first-order valence-electron chi connectivity index (χ1n) is 5.63. The van der Waals surface area contributed by atoms with Gasteiger partial charge >= 0.3 is 5.97 Å². The predicted molar refractivity (Wildman–Crippen MR) is 74.4 cm³/mol. The van der Waals surface area contributed by atoms with E-state index in [0.29, 0.717) is 22.0 Å². The molecule has 6 nitrogen and oxygen atoms in total. The van der Waals surface area contributed by atoms with Gasteiger partial charge in [0.1, 0.15) is 4.88 Å². The zero-order valence-electron chi connectivity index (χ0n) is 10.9. The Labute approximate surface area is 119 Å². The molecule has 0 radical (unpaired) electrons. The molecule has 0 unspecified atom stereocenters. The summed E-state index contributed by atoms with van der Waals surface area (Å²) in [4.78, 5) is 27.8. The number of methoxy groups -OCH3 is 2. The van der Waals surface area contributed by atoms with Crippen molar-refractivity contribution in [2.24, 2.45) is 0 Å². The fraction of sp³-hybridized carbons (Fsp3) is 0.154. The van der Waals surface area contributed by atoms with Gasteiger partial charge in [0.2, 0.25) is 5.88 Å². The van der Waals surface area contributed by atoms with Crippen LogP contribution in [0.5, 0.6) is 5.88 Å². The molecule has 0 spiro atoms. The van der Waals surface area contributed by atoms with E-state index >= 15 is 0 Å². The Hall–Kier alpha value is -2.41. The van der Waals surface area contributed by atoms with Crippen LogP contribution in [-0.2, 0) is 4.74 Å². The van der Waals surface area contributed by atoms with Crippen LogP contribution in [-0.4, -0.2) is 31.1 Å². The Morgan fingerprint density at radius 1 is 1.25 bits per heavy atom. The standard InChI is InChI=1S/C13H12N2O4S/c1-18-10-4-3-8(7-14-10)12(16)15-9-5-6-20-11(9)13(17)19-2/h3-7H,1-2H3,(H,15,16). The van der Waals surface area contributed by atoms with Crippen molar-refractivity contribution in [1.82, 2.24) is 4.98 Å². The molecule has 0 fully saturated rings. The second-order valence-corrected chi connectivity index (χ2v) is 4.61. The van der Waals surface area contributed by atoms with Crippen molar-refractivity contribution in [3.63, 3.8) is 0 Å². The first-order valence-corrected chi connectivity index (χ1v) is 6.51. The van der Waals surface area contributed by atoms with E-state index in [1.54, 1.807) is 23.6 Å². The summed E-state index contributed by atoms with van der Waals surface area (Å²) in [5.74, 6) is -0.417. The van der Waals surface area contributed by atoms with Gasteiger partial charge < -0.3 is 14.8 Å². The summed E-state index contributed by atoms with van der Waals surface area (Å²) in [6.45, 7) is 0. The van der Waals surface area contributed by atoms with E-state index in [1.165, 1.54) is 31.8 Å². The summed E-state index contributed by atoms with van der Waals surface area (Å²) in [6, 6.07) is 4.82. The highest BCUT2D eigenvalue weighted by Crippen LogP contribution is 2.23. The average Bonchev–Trinajstić information content (AvgIpc) is 2.94. The Bertz CT molecular complexity index is 622. The minimum atomic E-state index is -0.483. The van der Waals surface area contributed by atoms with Gasteiger partial charge in [-0.3, -0.25) is 4.79 Å². The van der Waals surface area contributed by atoms with E-state index in [1.807, 2.05) is 0 Å². The summed E-state index contributed by atoms with van der Waals surface area (Å²) in [5.41, 5.74) is 0.787. The van der Waals surface area contributed by atoms with Crippen molar-refractivity contribution in [3.05, 3.63) is 40.2 Å². The first kappa shape index (κ1) is 14.0. The van der Waals surface area contributed by atoms with Crippen molar-refractivity contribution in [3.8, 4) is 5.88 Å². The van der Waals surface area contributed by atoms with Gasteiger partial charge in [-0.15, -0.1) is 11.3 Å². The number of nitrogens with zero attached hydrogens (tertiary/aromatic N) is 1. The number of amides is 1. The van der Waals surface area contributed by atoms with E-state index in [-0.39, 0.29) is 5.91 Å². The largest absolute Gasteiger partial charge is 0.481 e. The molecular weight excluding hydrogens is 280 g/mol. The van der Waals surface area contributed by atoms with Crippen molar-refractivity contribution >= 4 is 28.9 Å². The molecule has 0 atom stereocenters. The van der Waals surface area contributed by atoms with E-state index < -0.39 is 5.97 Å². The lowest BCUT2D eigenvalue weighted by atomic mass is 10.2. The van der Waals surface area contributed by atoms with Gasteiger partial charge in [-0.05, 0) is 17.5 Å². The van der Waals surface area contributed by atoms with Crippen LogP contribution < -0.4 is 10.1 Å². The smallest absolute Gasteiger partial charge is 0.350 e. The van der Waals surface area contributed by atoms with Crippen LogP contribution >= 0.6 is 11.3 Å². The van der Waals surface area contributed by atoms with E-state index in [2.05, 4.69) is 15.0 Å². The lowest BCUT2D eigenvalue weighted by Crippen LogP contribution is -2.14. The molecule has 2 aromatic rings. The third kappa shape index (κ3) is 2.94. The van der Waals surface area contributed by atoms with Crippen LogP contribution in [0.25, 0.3) is 0 Å². The van der Waals surface area contributed by atoms with Crippen LogP contribution in [0.4, 0.5) is 5.69 Å². The number of ether oxygens (including phenoxy) is 2. The number of hydrogen-bond donors (Lipinski definition) is 1. The predicted octanol–water partition coefficient (Wildman–Crippen LogP) is 2.19. The molecule has 104 valence electrons. The van der Waals surface area contributed by atoms with Crippen molar-refractivity contribution in [2.75, 3.05) is 19.5 Å². The van der Waals surface area contributed by atoms with Gasteiger partial charge in [-0.2, -0.15) is 0 Å². The third-order valence-corrected chi connectivity index (χ3v) is 3.39. The monoisotopic (exact) mass is 292 g/mol. The molecule has 0 bridgehead atoms. The van der Waals surface area contributed by atoms with Gasteiger partial charge in [0.05, 0.1) is 25.5 Å². The van der Waals surface area contributed by atoms with Crippen LogP contribution in [0.1, 0.15) is 20.0 Å². The number of anilines is 1. The molecule has 7 heteroatoms. The molecule has 0 aliphatic rings. The van der Waals surface area contributed by atoms with Crippen molar-refractivity contribution in [2.45, 2.75) is 0 Å².